The molecule has 6 aromatic rings. The number of hydrogen-bond donors (Lipinski definition) is 0. The topological polar surface area (TPSA) is 80.3 Å². The molecule has 55 heavy (non-hydrogen) atoms. The van der Waals surface area contributed by atoms with Crippen molar-refractivity contribution < 1.29 is 39.3 Å². The van der Waals surface area contributed by atoms with Crippen molar-refractivity contribution in [2.75, 3.05) is 0 Å². The van der Waals surface area contributed by atoms with Crippen molar-refractivity contribution in [3.05, 3.63) is 168 Å². The number of benzene rings is 6. The molecular weight excluding hydrogens is 804 g/mol. The van der Waals surface area contributed by atoms with E-state index in [0.717, 1.165) is 13.8 Å². The molecule has 0 amide bonds. The second-order valence-corrected chi connectivity index (χ2v) is 18.7. The Morgan fingerprint density at radius 3 is 0.945 bits per heavy atom. The number of carboxylic acids is 2. The first kappa shape index (κ1) is 41.9. The average molecular weight is 852 g/mol. The van der Waals surface area contributed by atoms with Crippen molar-refractivity contribution in [1.82, 2.24) is 0 Å². The first-order valence-electron chi connectivity index (χ1n) is 18.9. The Balaban J connectivity index is 0.000000591. The van der Waals surface area contributed by atoms with Gasteiger partial charge >= 0.3 is 19.5 Å². The predicted molar refractivity (Wildman–Crippen MR) is 227 cm³/mol. The number of aryl methyl sites for hydroxylation is 2. The third-order valence-corrected chi connectivity index (χ3v) is 15.7. The van der Waals surface area contributed by atoms with E-state index < -0.39 is 27.8 Å². The monoisotopic (exact) mass is 852 g/mol. The summed E-state index contributed by atoms with van der Waals surface area (Å²) in [7, 11) is -2.54. The summed E-state index contributed by atoms with van der Waals surface area (Å²) < 4.78 is 0. The summed E-state index contributed by atoms with van der Waals surface area (Å²) in [6, 6.07) is 55.8. The quantitative estimate of drug-likeness (QED) is 0.155. The second-order valence-electron chi connectivity index (χ2n) is 13.9. The molecule has 0 aromatic heterocycles. The summed E-state index contributed by atoms with van der Waals surface area (Å²) in [5, 5.41) is 26.8. The van der Waals surface area contributed by atoms with Gasteiger partial charge in [-0.3, -0.25) is 0 Å². The van der Waals surface area contributed by atoms with E-state index in [2.05, 4.69) is 146 Å². The molecule has 0 aliphatic heterocycles. The van der Waals surface area contributed by atoms with Gasteiger partial charge in [-0.1, -0.05) is 84.9 Å². The van der Waals surface area contributed by atoms with Crippen LogP contribution in [0.15, 0.2) is 146 Å². The Labute approximate surface area is 341 Å². The summed E-state index contributed by atoms with van der Waals surface area (Å²) in [5.74, 6) is -2.17. The fourth-order valence-electron chi connectivity index (χ4n) is 8.02. The zero-order valence-corrected chi connectivity index (χ0v) is 35.2. The summed E-state index contributed by atoms with van der Waals surface area (Å²) >= 11 is 0. The number of aliphatic carboxylic acids is 2. The molecule has 4 nitrogen and oxygen atoms in total. The van der Waals surface area contributed by atoms with E-state index in [1.54, 1.807) is 44.0 Å². The van der Waals surface area contributed by atoms with Gasteiger partial charge in [0.05, 0.1) is 15.8 Å². The normalized spacial score (nSPS) is 12.8. The number of carbonyl (C=O) groups excluding carboxylic acids is 2. The summed E-state index contributed by atoms with van der Waals surface area (Å²) in [5.41, 5.74) is 9.64. The van der Waals surface area contributed by atoms with E-state index in [-0.39, 0.29) is 19.5 Å². The van der Waals surface area contributed by atoms with E-state index in [9.17, 15) is 0 Å². The van der Waals surface area contributed by atoms with Crippen molar-refractivity contribution in [3.63, 3.8) is 0 Å². The Kier molecular flexibility index (Phi) is 15.7. The van der Waals surface area contributed by atoms with E-state index in [1.807, 2.05) is 0 Å². The van der Waals surface area contributed by atoms with E-state index in [0.29, 0.717) is 0 Å². The van der Waals surface area contributed by atoms with E-state index in [4.69, 9.17) is 19.8 Å². The van der Waals surface area contributed by atoms with E-state index in [1.165, 1.54) is 72.6 Å². The molecule has 0 radical (unpaired) electrons. The van der Waals surface area contributed by atoms with Gasteiger partial charge in [-0.15, -0.1) is 0 Å². The summed E-state index contributed by atoms with van der Waals surface area (Å²) in [4.78, 5) is 17.8. The van der Waals surface area contributed by atoms with Crippen LogP contribution in [0.1, 0.15) is 61.8 Å². The number of rotatable bonds is 7. The predicted octanol–water partition coefficient (Wildman–Crippen LogP) is 5.60. The SMILES string of the molecule is CC(=O)[O-].CC(=O)[O-].[Ru+2].c1ccc([PH+](c2ccccc2)c2ccc3c(c2-c2c([PH+](c4ccccc4)c4ccccc4)ccc4c2CCCC4)CCCC3)cc1. The molecule has 0 saturated heterocycles. The van der Waals surface area contributed by atoms with Gasteiger partial charge in [0.25, 0.3) is 0 Å². The van der Waals surface area contributed by atoms with Crippen molar-refractivity contribution in [1.29, 1.82) is 0 Å². The first-order valence-corrected chi connectivity index (χ1v) is 21.9. The summed E-state index contributed by atoms with van der Waals surface area (Å²) in [6.45, 7) is 1.94. The Hall–Kier alpha value is -4.26. The van der Waals surface area contributed by atoms with Crippen molar-refractivity contribution in [3.8, 4) is 11.1 Å². The molecular formula is C48H48O4P2Ru+2. The number of hydrogen-bond acceptors (Lipinski definition) is 4. The third-order valence-electron chi connectivity index (χ3n) is 10.1. The van der Waals surface area contributed by atoms with Gasteiger partial charge in [0.1, 0.15) is 31.8 Å². The molecule has 0 saturated carbocycles. The van der Waals surface area contributed by atoms with Crippen LogP contribution in [0.2, 0.25) is 0 Å². The van der Waals surface area contributed by atoms with Gasteiger partial charge in [0.2, 0.25) is 0 Å². The number of carboxylic acid groups (broad SMARTS) is 2. The van der Waals surface area contributed by atoms with Gasteiger partial charge in [0, 0.05) is 23.1 Å². The van der Waals surface area contributed by atoms with Gasteiger partial charge in [-0.05, 0) is 148 Å². The Morgan fingerprint density at radius 2 is 0.673 bits per heavy atom. The van der Waals surface area contributed by atoms with Crippen LogP contribution in [0.5, 0.6) is 0 Å². The second kappa shape index (κ2) is 20.6. The smallest absolute Gasteiger partial charge is 0.550 e. The van der Waals surface area contributed by atoms with Gasteiger partial charge in [0.15, 0.2) is 0 Å². The zero-order chi connectivity index (χ0) is 37.9. The molecule has 280 valence electrons. The minimum atomic E-state index is -1.27. The standard InChI is InChI=1S/C44H40P2.2C2H4O2.Ru/c1-5-19-35(20-6-1)45(36-21-7-2-8-22-36)41-31-29-33-17-13-15-27-39(33)43(41)44-40-28-16-14-18-34(40)30-32-42(44)46(37-23-9-3-10-24-37)38-25-11-4-12-26-38;2*1-2(3)4;/h1-12,19-26,29-32H,13-18,27-28H2;2*1H3,(H,3,4);/q;;;+2. The minimum absolute atomic E-state index is 0. The molecule has 2 aliphatic carbocycles. The van der Waals surface area contributed by atoms with Crippen molar-refractivity contribution >= 4 is 59.6 Å². The van der Waals surface area contributed by atoms with Crippen molar-refractivity contribution in [2.24, 2.45) is 0 Å². The van der Waals surface area contributed by atoms with Crippen molar-refractivity contribution in [2.45, 2.75) is 65.2 Å². The maximum Gasteiger partial charge on any atom is 2.00 e. The molecule has 0 atom stereocenters. The van der Waals surface area contributed by atoms with Crippen LogP contribution in [0.25, 0.3) is 11.1 Å². The van der Waals surface area contributed by atoms with Crippen LogP contribution in [-0.4, -0.2) is 11.9 Å². The van der Waals surface area contributed by atoms with Gasteiger partial charge < -0.3 is 19.8 Å². The molecule has 6 aromatic carbocycles. The molecule has 0 spiro atoms. The number of carbonyl (C=O) groups is 2. The maximum atomic E-state index is 8.89. The van der Waals surface area contributed by atoms with Gasteiger partial charge in [-0.2, -0.15) is 0 Å². The fraction of sp³-hybridized carbons (Fsp3) is 0.208. The zero-order valence-electron chi connectivity index (χ0n) is 31.5. The van der Waals surface area contributed by atoms with Crippen LogP contribution >= 0.6 is 15.8 Å². The van der Waals surface area contributed by atoms with Gasteiger partial charge in [-0.25, -0.2) is 0 Å². The van der Waals surface area contributed by atoms with Crippen LogP contribution in [0, 0.1) is 0 Å². The van der Waals surface area contributed by atoms with E-state index >= 15 is 0 Å². The Bertz CT molecular complexity index is 1920. The molecule has 8 rings (SSSR count). The molecule has 0 bridgehead atoms. The molecule has 2 aliphatic rings. The largest absolute Gasteiger partial charge is 2.00 e. The first-order chi connectivity index (χ1) is 26.3. The minimum Gasteiger partial charge on any atom is -0.550 e. The summed E-state index contributed by atoms with van der Waals surface area (Å²) in [6.07, 6.45) is 9.90. The molecule has 0 unspecified atom stereocenters. The van der Waals surface area contributed by atoms with Crippen LogP contribution in [0.3, 0.4) is 0 Å². The fourth-order valence-corrected chi connectivity index (χ4v) is 13.6. The molecule has 0 N–H and O–H groups in total. The van der Waals surface area contributed by atoms with Crippen LogP contribution < -0.4 is 42.0 Å². The third kappa shape index (κ3) is 10.5. The average Bonchev–Trinajstić information content (AvgIpc) is 3.19. The van der Waals surface area contributed by atoms with Crippen LogP contribution in [-0.2, 0) is 54.8 Å². The Morgan fingerprint density at radius 1 is 0.418 bits per heavy atom. The number of fused-ring (bicyclic) bond motifs is 2. The van der Waals surface area contributed by atoms with Crippen LogP contribution in [0.4, 0.5) is 0 Å². The molecule has 0 fully saturated rings. The maximum absolute atomic E-state index is 8.89. The molecule has 7 heteroatoms. The molecule has 0 heterocycles.